The van der Waals surface area contributed by atoms with E-state index < -0.39 is 0 Å². The Bertz CT molecular complexity index is 1240. The molecule has 7 heteroatoms. The second kappa shape index (κ2) is 9.45. The molecular weight excluding hydrogens is 420 g/mol. The quantitative estimate of drug-likeness (QED) is 0.259. The third-order valence-corrected chi connectivity index (χ3v) is 5.64. The van der Waals surface area contributed by atoms with E-state index in [9.17, 15) is 9.90 Å². The van der Waals surface area contributed by atoms with E-state index in [0.29, 0.717) is 21.4 Å². The first-order chi connectivity index (χ1) is 15.5. The fraction of sp³-hybridized carbons (Fsp3) is 0.0800. The van der Waals surface area contributed by atoms with Crippen LogP contribution in [0.4, 0.5) is 10.1 Å². The van der Waals surface area contributed by atoms with Gasteiger partial charge in [0.1, 0.15) is 16.4 Å². The summed E-state index contributed by atoms with van der Waals surface area (Å²) in [6, 6.07) is 22.1. The van der Waals surface area contributed by atoms with E-state index >= 15 is 0 Å². The van der Waals surface area contributed by atoms with E-state index in [1.165, 1.54) is 11.3 Å². The van der Waals surface area contributed by atoms with Crippen LogP contribution in [-0.2, 0) is 0 Å². The van der Waals surface area contributed by atoms with Gasteiger partial charge in [0, 0.05) is 11.1 Å². The average molecular weight is 443 g/mol. The van der Waals surface area contributed by atoms with Crippen molar-refractivity contribution >= 4 is 33.6 Å². The summed E-state index contributed by atoms with van der Waals surface area (Å²) >= 11 is 1.31. The molecule has 0 aliphatic carbocycles. The number of aromatic nitrogens is 1. The Morgan fingerprint density at radius 2 is 1.56 bits per heavy atom. The number of benzene rings is 3. The highest BCUT2D eigenvalue weighted by Gasteiger charge is 2.16. The van der Waals surface area contributed by atoms with Crippen LogP contribution in [0.1, 0.15) is 27.0 Å². The second-order valence-electron chi connectivity index (χ2n) is 7.34. The molecule has 1 amide bonds. The standard InChI is InChI=1S/C25H22N4O2S/c1-16-3-9-19(10-4-16)22-24(28-23(31)20-11-5-17(2)6-12-20)32-25(27-22)29-26-15-18-7-13-21(30)14-8-18/h3-15,30H,1-2H3,(H,27,29)(H,28,31). The molecule has 3 aromatic carbocycles. The number of hydrogen-bond acceptors (Lipinski definition) is 6. The summed E-state index contributed by atoms with van der Waals surface area (Å²) < 4.78 is 0. The summed E-state index contributed by atoms with van der Waals surface area (Å²) in [5.41, 5.74) is 8.17. The third kappa shape index (κ3) is 5.19. The minimum Gasteiger partial charge on any atom is -0.508 e. The predicted molar refractivity (Wildman–Crippen MR) is 131 cm³/mol. The highest BCUT2D eigenvalue weighted by Crippen LogP contribution is 2.36. The van der Waals surface area contributed by atoms with Gasteiger partial charge in [-0.25, -0.2) is 4.98 Å². The first-order valence-electron chi connectivity index (χ1n) is 10.0. The lowest BCUT2D eigenvalue weighted by atomic mass is 10.1. The lowest BCUT2D eigenvalue weighted by Gasteiger charge is -2.06. The van der Waals surface area contributed by atoms with Crippen LogP contribution in [0.5, 0.6) is 5.75 Å². The molecule has 0 aliphatic heterocycles. The fourth-order valence-corrected chi connectivity index (χ4v) is 3.79. The van der Waals surface area contributed by atoms with Crippen molar-refractivity contribution in [3.05, 3.63) is 95.1 Å². The molecule has 3 N–H and O–H groups in total. The van der Waals surface area contributed by atoms with Crippen molar-refractivity contribution < 1.29 is 9.90 Å². The smallest absolute Gasteiger partial charge is 0.256 e. The van der Waals surface area contributed by atoms with Gasteiger partial charge >= 0.3 is 0 Å². The van der Waals surface area contributed by atoms with Gasteiger partial charge in [0.25, 0.3) is 5.91 Å². The topological polar surface area (TPSA) is 86.6 Å². The predicted octanol–water partition coefficient (Wildman–Crippen LogP) is 5.83. The molecule has 4 rings (SSSR count). The minimum absolute atomic E-state index is 0.193. The van der Waals surface area contributed by atoms with Gasteiger partial charge in [-0.15, -0.1) is 0 Å². The van der Waals surface area contributed by atoms with E-state index in [1.54, 1.807) is 42.6 Å². The zero-order chi connectivity index (χ0) is 22.5. The Kier molecular flexibility index (Phi) is 6.28. The van der Waals surface area contributed by atoms with Gasteiger partial charge in [0.2, 0.25) is 5.13 Å². The Balaban J connectivity index is 1.59. The van der Waals surface area contributed by atoms with Crippen LogP contribution in [0.2, 0.25) is 0 Å². The maximum absolute atomic E-state index is 12.8. The number of amides is 1. The molecule has 1 aromatic heterocycles. The molecular formula is C25H22N4O2S. The lowest BCUT2D eigenvalue weighted by Crippen LogP contribution is -2.11. The average Bonchev–Trinajstić information content (AvgIpc) is 3.18. The number of nitrogens with zero attached hydrogens (tertiary/aromatic N) is 2. The molecule has 0 unspecified atom stereocenters. The van der Waals surface area contributed by atoms with Gasteiger partial charge in [0.15, 0.2) is 0 Å². The number of carbonyl (C=O) groups is 1. The van der Waals surface area contributed by atoms with Crippen molar-refractivity contribution in [3.8, 4) is 17.0 Å². The Labute approximate surface area is 190 Å². The molecule has 1 heterocycles. The van der Waals surface area contributed by atoms with E-state index in [4.69, 9.17) is 0 Å². The van der Waals surface area contributed by atoms with Crippen LogP contribution in [0.3, 0.4) is 0 Å². The van der Waals surface area contributed by atoms with Crippen molar-refractivity contribution in [2.75, 3.05) is 10.7 Å². The summed E-state index contributed by atoms with van der Waals surface area (Å²) in [6.45, 7) is 4.01. The summed E-state index contributed by atoms with van der Waals surface area (Å²) in [6.07, 6.45) is 1.64. The molecule has 0 saturated carbocycles. The van der Waals surface area contributed by atoms with Gasteiger partial charge in [-0.3, -0.25) is 10.2 Å². The minimum atomic E-state index is -0.193. The number of phenolic OH excluding ortho intramolecular Hbond substituents is 1. The maximum atomic E-state index is 12.8. The maximum Gasteiger partial charge on any atom is 0.256 e. The zero-order valence-electron chi connectivity index (χ0n) is 17.7. The van der Waals surface area contributed by atoms with Crippen LogP contribution >= 0.6 is 11.3 Å². The number of hydrogen-bond donors (Lipinski definition) is 3. The van der Waals surface area contributed by atoms with Gasteiger partial charge < -0.3 is 10.4 Å². The normalized spacial score (nSPS) is 10.9. The molecule has 0 aliphatic rings. The van der Waals surface area contributed by atoms with Crippen LogP contribution in [0.25, 0.3) is 11.3 Å². The molecule has 32 heavy (non-hydrogen) atoms. The van der Waals surface area contributed by atoms with Crippen LogP contribution < -0.4 is 10.7 Å². The molecule has 0 saturated heterocycles. The Morgan fingerprint density at radius 1 is 0.938 bits per heavy atom. The zero-order valence-corrected chi connectivity index (χ0v) is 18.5. The molecule has 0 atom stereocenters. The number of aryl methyl sites for hydroxylation is 2. The Hall–Kier alpha value is -3.97. The number of hydrazone groups is 1. The number of rotatable bonds is 6. The van der Waals surface area contributed by atoms with Crippen molar-refractivity contribution in [3.63, 3.8) is 0 Å². The summed E-state index contributed by atoms with van der Waals surface area (Å²) in [4.78, 5) is 17.5. The van der Waals surface area contributed by atoms with Gasteiger partial charge in [0.05, 0.1) is 6.21 Å². The van der Waals surface area contributed by atoms with Crippen molar-refractivity contribution in [1.29, 1.82) is 0 Å². The first-order valence-corrected chi connectivity index (χ1v) is 10.8. The van der Waals surface area contributed by atoms with E-state index in [0.717, 1.165) is 22.3 Å². The SMILES string of the molecule is Cc1ccc(C(=O)Nc2sc(NN=Cc3ccc(O)cc3)nc2-c2ccc(C)cc2)cc1. The molecule has 0 spiro atoms. The van der Waals surface area contributed by atoms with E-state index in [1.807, 2.05) is 50.2 Å². The monoisotopic (exact) mass is 442 g/mol. The van der Waals surface area contributed by atoms with E-state index in [2.05, 4.69) is 20.8 Å². The van der Waals surface area contributed by atoms with Crippen molar-refractivity contribution in [2.45, 2.75) is 13.8 Å². The van der Waals surface area contributed by atoms with Gasteiger partial charge in [-0.1, -0.05) is 58.9 Å². The molecule has 4 aromatic rings. The molecule has 0 fully saturated rings. The lowest BCUT2D eigenvalue weighted by molar-refractivity contribution is 0.102. The summed E-state index contributed by atoms with van der Waals surface area (Å²) in [5.74, 6) is 0.00730. The van der Waals surface area contributed by atoms with E-state index in [-0.39, 0.29) is 11.7 Å². The number of phenols is 1. The largest absolute Gasteiger partial charge is 0.508 e. The van der Waals surface area contributed by atoms with Crippen LogP contribution in [0, 0.1) is 13.8 Å². The molecule has 0 radical (unpaired) electrons. The first kappa shape index (κ1) is 21.3. The highest BCUT2D eigenvalue weighted by molar-refractivity contribution is 7.20. The fourth-order valence-electron chi connectivity index (χ4n) is 2.96. The van der Waals surface area contributed by atoms with Crippen LogP contribution in [0.15, 0.2) is 77.9 Å². The summed E-state index contributed by atoms with van der Waals surface area (Å²) in [5, 5.41) is 17.8. The molecule has 6 nitrogen and oxygen atoms in total. The third-order valence-electron chi connectivity index (χ3n) is 4.76. The number of carbonyl (C=O) groups excluding carboxylic acids is 1. The van der Waals surface area contributed by atoms with Gasteiger partial charge in [-0.2, -0.15) is 5.10 Å². The van der Waals surface area contributed by atoms with Crippen molar-refractivity contribution in [2.24, 2.45) is 5.10 Å². The van der Waals surface area contributed by atoms with Gasteiger partial charge in [-0.05, 0) is 55.8 Å². The molecule has 160 valence electrons. The molecule has 0 bridgehead atoms. The summed E-state index contributed by atoms with van der Waals surface area (Å²) in [7, 11) is 0. The Morgan fingerprint density at radius 3 is 2.22 bits per heavy atom. The number of anilines is 2. The van der Waals surface area contributed by atoms with Crippen LogP contribution in [-0.4, -0.2) is 22.2 Å². The number of nitrogens with one attached hydrogen (secondary N) is 2. The second-order valence-corrected chi connectivity index (χ2v) is 8.34. The number of thiazole rings is 1. The number of aromatic hydroxyl groups is 1. The highest BCUT2D eigenvalue weighted by atomic mass is 32.1. The van der Waals surface area contributed by atoms with Crippen molar-refractivity contribution in [1.82, 2.24) is 4.98 Å².